The zero-order chi connectivity index (χ0) is 20.5. The van der Waals surface area contributed by atoms with Gasteiger partial charge in [-0.3, -0.25) is 9.59 Å². The second kappa shape index (κ2) is 10.2. The first-order chi connectivity index (χ1) is 13.4. The van der Waals surface area contributed by atoms with Gasteiger partial charge >= 0.3 is 0 Å². The minimum atomic E-state index is -0.202. The quantitative estimate of drug-likeness (QED) is 0.684. The normalized spacial score (nSPS) is 10.8. The number of nitrogens with one attached hydrogen (secondary N) is 2. The lowest BCUT2D eigenvalue weighted by atomic mass is 10.1. The Kier molecular flexibility index (Phi) is 7.63. The second-order valence-electron chi connectivity index (χ2n) is 6.51. The third-order valence-corrected chi connectivity index (χ3v) is 4.05. The summed E-state index contributed by atoms with van der Waals surface area (Å²) in [6.45, 7) is 4.08. The van der Waals surface area contributed by atoms with Crippen LogP contribution in [0.2, 0.25) is 0 Å². The summed E-state index contributed by atoms with van der Waals surface area (Å²) >= 11 is 0. The van der Waals surface area contributed by atoms with Gasteiger partial charge in [-0.05, 0) is 41.5 Å². The van der Waals surface area contributed by atoms with Crippen LogP contribution in [0.25, 0.3) is 6.08 Å². The molecule has 28 heavy (non-hydrogen) atoms. The molecule has 0 bridgehead atoms. The lowest BCUT2D eigenvalue weighted by Gasteiger charge is -2.09. The Morgan fingerprint density at radius 2 is 1.68 bits per heavy atom. The number of carbonyl (C=O) groups excluding carboxylic acids is 2. The number of methoxy groups -OCH3 is 2. The Morgan fingerprint density at radius 3 is 2.29 bits per heavy atom. The van der Waals surface area contributed by atoms with Gasteiger partial charge in [-0.25, -0.2) is 0 Å². The van der Waals surface area contributed by atoms with Crippen molar-refractivity contribution in [3.05, 3.63) is 59.7 Å². The van der Waals surface area contributed by atoms with Crippen molar-refractivity contribution >= 4 is 23.6 Å². The summed E-state index contributed by atoms with van der Waals surface area (Å²) in [6, 6.07) is 12.8. The van der Waals surface area contributed by atoms with E-state index in [1.54, 1.807) is 32.4 Å². The molecule has 148 valence electrons. The maximum atomic E-state index is 12.0. The molecule has 0 atom stereocenters. The van der Waals surface area contributed by atoms with Crippen LogP contribution >= 0.6 is 0 Å². The monoisotopic (exact) mass is 382 g/mol. The number of anilines is 1. The maximum absolute atomic E-state index is 12.0. The van der Waals surface area contributed by atoms with E-state index in [1.807, 2.05) is 44.2 Å². The van der Waals surface area contributed by atoms with Gasteiger partial charge in [0.25, 0.3) is 0 Å². The van der Waals surface area contributed by atoms with Gasteiger partial charge in [0.15, 0.2) is 11.5 Å². The van der Waals surface area contributed by atoms with E-state index in [9.17, 15) is 9.59 Å². The Bertz CT molecular complexity index is 842. The average molecular weight is 382 g/mol. The van der Waals surface area contributed by atoms with Gasteiger partial charge in [0.1, 0.15) is 0 Å². The Morgan fingerprint density at radius 1 is 1.00 bits per heavy atom. The number of hydrogen-bond donors (Lipinski definition) is 2. The molecule has 2 amide bonds. The number of hydrogen-bond acceptors (Lipinski definition) is 4. The van der Waals surface area contributed by atoms with Crippen molar-refractivity contribution in [2.45, 2.75) is 20.4 Å². The van der Waals surface area contributed by atoms with Crippen LogP contribution in [0.3, 0.4) is 0 Å². The third-order valence-electron chi connectivity index (χ3n) is 4.05. The highest BCUT2D eigenvalue weighted by atomic mass is 16.5. The lowest BCUT2D eigenvalue weighted by Crippen LogP contribution is -2.20. The number of rotatable bonds is 8. The van der Waals surface area contributed by atoms with E-state index in [1.165, 1.54) is 6.08 Å². The van der Waals surface area contributed by atoms with Crippen LogP contribution in [-0.4, -0.2) is 26.0 Å². The van der Waals surface area contributed by atoms with Gasteiger partial charge < -0.3 is 20.1 Å². The molecule has 0 radical (unpaired) electrons. The topological polar surface area (TPSA) is 76.7 Å². The van der Waals surface area contributed by atoms with Crippen molar-refractivity contribution < 1.29 is 19.1 Å². The van der Waals surface area contributed by atoms with Crippen LogP contribution in [0.15, 0.2) is 48.5 Å². The van der Waals surface area contributed by atoms with Crippen LogP contribution in [0.4, 0.5) is 5.69 Å². The van der Waals surface area contributed by atoms with Crippen LogP contribution in [0.5, 0.6) is 11.5 Å². The second-order valence-corrected chi connectivity index (χ2v) is 6.51. The predicted molar refractivity (Wildman–Crippen MR) is 110 cm³/mol. The van der Waals surface area contributed by atoms with Crippen molar-refractivity contribution in [1.82, 2.24) is 5.32 Å². The molecule has 0 aliphatic carbocycles. The molecule has 2 aromatic carbocycles. The van der Waals surface area contributed by atoms with E-state index in [2.05, 4.69) is 10.6 Å². The van der Waals surface area contributed by atoms with E-state index < -0.39 is 0 Å². The highest BCUT2D eigenvalue weighted by Crippen LogP contribution is 2.27. The summed E-state index contributed by atoms with van der Waals surface area (Å²) in [5.41, 5.74) is 2.51. The molecule has 0 aromatic heterocycles. The van der Waals surface area contributed by atoms with Gasteiger partial charge in [-0.2, -0.15) is 0 Å². The minimum absolute atomic E-state index is 0.0265. The van der Waals surface area contributed by atoms with Gasteiger partial charge in [-0.1, -0.05) is 32.0 Å². The number of ether oxygens (including phenoxy) is 2. The number of amides is 2. The van der Waals surface area contributed by atoms with Crippen molar-refractivity contribution in [3.63, 3.8) is 0 Å². The summed E-state index contributed by atoms with van der Waals surface area (Å²) in [6.07, 6.45) is 3.18. The molecule has 0 heterocycles. The maximum Gasteiger partial charge on any atom is 0.244 e. The van der Waals surface area contributed by atoms with E-state index in [0.717, 1.165) is 16.8 Å². The summed E-state index contributed by atoms with van der Waals surface area (Å²) in [7, 11) is 3.14. The zero-order valence-electron chi connectivity index (χ0n) is 16.6. The lowest BCUT2D eigenvalue weighted by molar-refractivity contribution is -0.119. The minimum Gasteiger partial charge on any atom is -0.493 e. The molecule has 0 unspecified atom stereocenters. The summed E-state index contributed by atoms with van der Waals surface area (Å²) in [5.74, 6) is 0.941. The van der Waals surface area contributed by atoms with E-state index >= 15 is 0 Å². The Hall–Kier alpha value is -3.28. The largest absolute Gasteiger partial charge is 0.493 e. The molecular weight excluding hydrogens is 356 g/mol. The highest BCUT2D eigenvalue weighted by molar-refractivity contribution is 5.92. The smallest absolute Gasteiger partial charge is 0.244 e. The molecule has 0 aliphatic heterocycles. The van der Waals surface area contributed by atoms with Crippen LogP contribution in [0, 0.1) is 5.92 Å². The first-order valence-electron chi connectivity index (χ1n) is 9.00. The predicted octanol–water partition coefficient (Wildman–Crippen LogP) is 3.63. The SMILES string of the molecule is COc1ccc(/C=C/C(=O)NCc2ccc(NC(=O)C(C)C)cc2)cc1OC. The van der Waals surface area contributed by atoms with Crippen LogP contribution < -0.4 is 20.1 Å². The third kappa shape index (κ3) is 6.16. The molecule has 0 fully saturated rings. The van der Waals surface area contributed by atoms with E-state index in [-0.39, 0.29) is 17.7 Å². The fourth-order valence-electron chi connectivity index (χ4n) is 2.37. The first-order valence-corrected chi connectivity index (χ1v) is 9.00. The van der Waals surface area contributed by atoms with Crippen molar-refractivity contribution in [2.24, 2.45) is 5.92 Å². The van der Waals surface area contributed by atoms with Gasteiger partial charge in [0.05, 0.1) is 14.2 Å². The Balaban J connectivity index is 1.88. The molecule has 0 saturated heterocycles. The van der Waals surface area contributed by atoms with E-state index in [4.69, 9.17) is 9.47 Å². The summed E-state index contributed by atoms with van der Waals surface area (Å²) in [4.78, 5) is 23.7. The molecule has 6 heteroatoms. The van der Waals surface area contributed by atoms with Gasteiger partial charge in [0, 0.05) is 24.2 Å². The number of benzene rings is 2. The molecule has 2 N–H and O–H groups in total. The van der Waals surface area contributed by atoms with Crippen molar-refractivity contribution in [1.29, 1.82) is 0 Å². The average Bonchev–Trinajstić information content (AvgIpc) is 2.71. The molecule has 2 aromatic rings. The van der Waals surface area contributed by atoms with E-state index in [0.29, 0.717) is 18.0 Å². The molecule has 2 rings (SSSR count). The standard InChI is InChI=1S/C22H26N2O4/c1-15(2)22(26)24-18-9-5-17(6-10-18)14-23-21(25)12-8-16-7-11-19(27-3)20(13-16)28-4/h5-13,15H,14H2,1-4H3,(H,23,25)(H,24,26)/b12-8+. The van der Waals surface area contributed by atoms with Crippen molar-refractivity contribution in [3.8, 4) is 11.5 Å². The van der Waals surface area contributed by atoms with Gasteiger partial charge in [0.2, 0.25) is 11.8 Å². The fourth-order valence-corrected chi connectivity index (χ4v) is 2.37. The molecule has 0 aliphatic rings. The summed E-state index contributed by atoms with van der Waals surface area (Å²) in [5, 5.41) is 5.66. The molecular formula is C22H26N2O4. The molecule has 6 nitrogen and oxygen atoms in total. The molecule has 0 saturated carbocycles. The number of carbonyl (C=O) groups is 2. The zero-order valence-corrected chi connectivity index (χ0v) is 16.6. The molecule has 0 spiro atoms. The first kappa shape index (κ1) is 21.0. The van der Waals surface area contributed by atoms with Gasteiger partial charge in [-0.15, -0.1) is 0 Å². The van der Waals surface area contributed by atoms with Crippen LogP contribution in [-0.2, 0) is 16.1 Å². The Labute approximate surface area is 165 Å². The highest BCUT2D eigenvalue weighted by Gasteiger charge is 2.07. The van der Waals surface area contributed by atoms with Crippen molar-refractivity contribution in [2.75, 3.05) is 19.5 Å². The van der Waals surface area contributed by atoms with Crippen LogP contribution in [0.1, 0.15) is 25.0 Å². The fraction of sp³-hybridized carbons (Fsp3) is 0.273. The summed E-state index contributed by atoms with van der Waals surface area (Å²) < 4.78 is 10.4.